The minimum Gasteiger partial charge on any atom is -0.395 e. The van der Waals surface area contributed by atoms with E-state index in [1.54, 1.807) is 0 Å². The monoisotopic (exact) mass is 829 g/mol. The Morgan fingerprint density at radius 2 is 1.43 bits per heavy atom. The molecular formula is C28H31N9O13S4. The highest BCUT2D eigenvalue weighted by atomic mass is 32.2. The largest absolute Gasteiger partial charge is 0.395 e. The van der Waals surface area contributed by atoms with E-state index in [9.17, 15) is 52.4 Å². The number of aromatic nitrogens is 4. The van der Waals surface area contributed by atoms with Crippen molar-refractivity contribution in [1.82, 2.24) is 20.0 Å². The predicted molar refractivity (Wildman–Crippen MR) is 193 cm³/mol. The van der Waals surface area contributed by atoms with Crippen LogP contribution in [0.5, 0.6) is 0 Å². The Hall–Kier alpha value is -4.93. The summed E-state index contributed by atoms with van der Waals surface area (Å²) in [6.45, 7) is 0.499. The normalized spacial score (nSPS) is 12.9. The number of nitrogens with two attached hydrogens (primary N) is 1. The van der Waals surface area contributed by atoms with Crippen molar-refractivity contribution in [2.45, 2.75) is 21.6 Å². The van der Waals surface area contributed by atoms with E-state index in [2.05, 4.69) is 36.0 Å². The lowest BCUT2D eigenvalue weighted by molar-refractivity contribution is 0.311. The van der Waals surface area contributed by atoms with E-state index in [4.69, 9.17) is 10.8 Å². The Labute approximate surface area is 306 Å². The molecule has 0 aliphatic rings. The average Bonchev–Trinajstić information content (AvgIpc) is 3.52. The Kier molecular flexibility index (Phi) is 11.2. The first-order valence-electron chi connectivity index (χ1n) is 15.2. The number of benzene rings is 3. The molecule has 0 spiro atoms. The summed E-state index contributed by atoms with van der Waals surface area (Å²) in [6, 6.07) is 7.32. The molecule has 26 heteroatoms. The molecule has 9 N–H and O–H groups in total. The lowest BCUT2D eigenvalue weighted by atomic mass is 10.1. The first kappa shape index (κ1) is 40.3. The molecule has 2 heterocycles. The van der Waals surface area contributed by atoms with Crippen LogP contribution in [0.15, 0.2) is 67.4 Å². The zero-order valence-electron chi connectivity index (χ0n) is 27.7. The van der Waals surface area contributed by atoms with Crippen molar-refractivity contribution in [1.29, 1.82) is 0 Å². The lowest BCUT2D eigenvalue weighted by Crippen LogP contribution is -2.21. The zero-order valence-corrected chi connectivity index (χ0v) is 30.9. The number of azo groups is 1. The number of aliphatic hydroxyl groups excluding tert-OH is 2. The van der Waals surface area contributed by atoms with Gasteiger partial charge in [0.15, 0.2) is 21.5 Å². The fourth-order valence-electron chi connectivity index (χ4n) is 5.08. The Morgan fingerprint density at radius 1 is 0.741 bits per heavy atom. The minimum atomic E-state index is -5.03. The summed E-state index contributed by atoms with van der Waals surface area (Å²) < 4.78 is 127. The number of anilines is 3. The topological polar surface area (TPSA) is 356 Å². The maximum atomic E-state index is 12.5. The molecule has 0 saturated heterocycles. The van der Waals surface area contributed by atoms with E-state index in [1.165, 1.54) is 25.1 Å². The highest BCUT2D eigenvalue weighted by Crippen LogP contribution is 2.38. The fourth-order valence-corrected chi connectivity index (χ4v) is 7.96. The van der Waals surface area contributed by atoms with Crippen molar-refractivity contribution in [2.75, 3.05) is 54.2 Å². The summed E-state index contributed by atoms with van der Waals surface area (Å²) in [5.74, 6) is -0.698. The van der Waals surface area contributed by atoms with Gasteiger partial charge in [0, 0.05) is 29.4 Å². The number of rotatable bonds is 15. The van der Waals surface area contributed by atoms with Gasteiger partial charge < -0.3 is 26.6 Å². The summed E-state index contributed by atoms with van der Waals surface area (Å²) in [5.41, 5.74) is 5.97. The van der Waals surface area contributed by atoms with Crippen LogP contribution in [0.25, 0.3) is 27.5 Å². The van der Waals surface area contributed by atoms with E-state index in [1.807, 2.05) is 0 Å². The molecular weight excluding hydrogens is 799 g/mol. The van der Waals surface area contributed by atoms with Gasteiger partial charge in [-0.25, -0.2) is 13.4 Å². The number of nitrogens with zero attached hydrogens (tertiary/aromatic N) is 6. The van der Waals surface area contributed by atoms with Crippen LogP contribution >= 0.6 is 0 Å². The average molecular weight is 830 g/mol. The van der Waals surface area contributed by atoms with E-state index >= 15 is 0 Å². The quantitative estimate of drug-likeness (QED) is 0.0543. The number of fused-ring (bicyclic) bond motifs is 3. The molecule has 0 aliphatic heterocycles. The van der Waals surface area contributed by atoms with Gasteiger partial charge >= 0.3 is 0 Å². The third-order valence-electron chi connectivity index (χ3n) is 7.68. The van der Waals surface area contributed by atoms with Crippen LogP contribution in [0, 0.1) is 6.92 Å². The fraction of sp³-hybridized carbons (Fsp3) is 0.250. The molecule has 0 amide bonds. The number of pyridine rings is 1. The summed E-state index contributed by atoms with van der Waals surface area (Å²) in [6.07, 6.45) is 0. The third-order valence-corrected chi connectivity index (χ3v) is 11.9. The summed E-state index contributed by atoms with van der Waals surface area (Å²) >= 11 is 0. The van der Waals surface area contributed by atoms with Crippen molar-refractivity contribution in [3.8, 4) is 5.69 Å². The molecule has 2 aromatic heterocycles. The number of aliphatic hydroxyl groups is 2. The van der Waals surface area contributed by atoms with Crippen LogP contribution in [0.2, 0.25) is 0 Å². The van der Waals surface area contributed by atoms with Crippen LogP contribution in [-0.2, 0) is 40.2 Å². The molecule has 0 bridgehead atoms. The van der Waals surface area contributed by atoms with Gasteiger partial charge in [-0.1, -0.05) is 6.07 Å². The second-order valence-corrected chi connectivity index (χ2v) is 17.9. The van der Waals surface area contributed by atoms with E-state index in [0.29, 0.717) is 6.07 Å². The SMILES string of the molecule is Cc1c(N)c(NCCS(=O)(=O)CCO)nc(NCCO)c1/N=N/c1ccc(-n2nc3ccc4c(S(=O)(=O)O)cc(S(=O)(=O)O)cc4c3n2)cc1S(=O)(=O)O. The van der Waals surface area contributed by atoms with Crippen molar-refractivity contribution in [3.05, 3.63) is 48.0 Å². The van der Waals surface area contributed by atoms with Crippen LogP contribution < -0.4 is 16.4 Å². The summed E-state index contributed by atoms with van der Waals surface area (Å²) in [4.78, 5) is 2.72. The highest BCUT2D eigenvalue weighted by molar-refractivity contribution is 7.91. The van der Waals surface area contributed by atoms with Gasteiger partial charge in [0.25, 0.3) is 30.4 Å². The second kappa shape index (κ2) is 15.1. The van der Waals surface area contributed by atoms with Gasteiger partial charge in [-0.05, 0) is 43.3 Å². The second-order valence-electron chi connectivity index (χ2n) is 11.4. The first-order valence-corrected chi connectivity index (χ1v) is 21.3. The van der Waals surface area contributed by atoms with Crippen molar-refractivity contribution >= 4 is 90.7 Å². The molecule has 0 fully saturated rings. The van der Waals surface area contributed by atoms with Gasteiger partial charge in [0.1, 0.15) is 32.2 Å². The molecule has 54 heavy (non-hydrogen) atoms. The number of hydrogen-bond donors (Lipinski definition) is 8. The molecule has 0 saturated carbocycles. The van der Waals surface area contributed by atoms with Crippen molar-refractivity contribution < 1.29 is 57.5 Å². The Morgan fingerprint density at radius 3 is 2.06 bits per heavy atom. The summed E-state index contributed by atoms with van der Waals surface area (Å²) in [7, 11) is -18.6. The predicted octanol–water partition coefficient (Wildman–Crippen LogP) is 1.24. The molecule has 0 radical (unpaired) electrons. The van der Waals surface area contributed by atoms with Gasteiger partial charge in [-0.2, -0.15) is 30.0 Å². The number of nitrogens with one attached hydrogen (secondary N) is 2. The van der Waals surface area contributed by atoms with Gasteiger partial charge in [-0.15, -0.1) is 20.4 Å². The highest BCUT2D eigenvalue weighted by Gasteiger charge is 2.24. The number of hydrogen-bond acceptors (Lipinski definition) is 18. The van der Waals surface area contributed by atoms with E-state index < -0.39 is 67.2 Å². The van der Waals surface area contributed by atoms with Crippen LogP contribution in [0.3, 0.4) is 0 Å². The van der Waals surface area contributed by atoms with E-state index in [0.717, 1.165) is 23.0 Å². The van der Waals surface area contributed by atoms with Crippen LogP contribution in [0.4, 0.5) is 28.7 Å². The number of sulfone groups is 1. The maximum absolute atomic E-state index is 12.5. The van der Waals surface area contributed by atoms with Crippen molar-refractivity contribution in [2.24, 2.45) is 10.2 Å². The molecule has 290 valence electrons. The third kappa shape index (κ3) is 8.71. The summed E-state index contributed by atoms with van der Waals surface area (Å²) in [5, 5.41) is 40.2. The minimum absolute atomic E-state index is 0.00911. The number of nitrogen functional groups attached to an aromatic ring is 1. The standard InChI is InChI=1S/C28H31N9O13S4/c1-15-24(29)27(31-7-10-51(40,41)11-9-39)32-28(30-6-8-38)25(15)34-33-20-4-2-16(12-23(20)54(48,49)50)37-35-21-5-3-18-19(26(21)36-37)13-17(52(42,43)44)14-22(18)53(45,46)47/h2-5,12-14,38-39H,6-11,29H2,1H3,(H2,30,31,32)(H,42,43,44)(H,45,46,47)(H,48,49,50)/b34-33+. The molecule has 5 rings (SSSR count). The van der Waals surface area contributed by atoms with Crippen molar-refractivity contribution in [3.63, 3.8) is 0 Å². The Bertz CT molecular complexity index is 2770. The molecule has 22 nitrogen and oxygen atoms in total. The van der Waals surface area contributed by atoms with Crippen LogP contribution in [-0.4, -0.2) is 115 Å². The zero-order chi connectivity index (χ0) is 39.8. The van der Waals surface area contributed by atoms with Gasteiger partial charge in [-0.3, -0.25) is 13.7 Å². The molecule has 3 aromatic carbocycles. The molecule has 0 unspecified atom stereocenters. The molecule has 5 aromatic rings. The smallest absolute Gasteiger partial charge is 0.296 e. The van der Waals surface area contributed by atoms with Gasteiger partial charge in [0.2, 0.25) is 0 Å². The lowest BCUT2D eigenvalue weighted by Gasteiger charge is -2.16. The molecule has 0 aliphatic carbocycles. The maximum Gasteiger partial charge on any atom is 0.296 e. The van der Waals surface area contributed by atoms with Crippen LogP contribution in [0.1, 0.15) is 5.56 Å². The van der Waals surface area contributed by atoms with Gasteiger partial charge in [0.05, 0.1) is 41.0 Å². The molecule has 0 atom stereocenters. The first-order chi connectivity index (χ1) is 25.1. The Balaban J connectivity index is 1.57. The van der Waals surface area contributed by atoms with E-state index in [-0.39, 0.29) is 87.2 Å².